The van der Waals surface area contributed by atoms with Gasteiger partial charge in [-0.15, -0.1) is 0 Å². The van der Waals surface area contributed by atoms with Crippen LogP contribution in [0.2, 0.25) is 0 Å². The van der Waals surface area contributed by atoms with Crippen LogP contribution in [0.5, 0.6) is 5.75 Å². The number of hydrogen-bond donors (Lipinski definition) is 4. The van der Waals surface area contributed by atoms with Gasteiger partial charge in [-0.3, -0.25) is 4.90 Å². The Kier molecular flexibility index (Phi) is 8.64. The predicted molar refractivity (Wildman–Crippen MR) is 152 cm³/mol. The van der Waals surface area contributed by atoms with Crippen LogP contribution in [0.15, 0.2) is 73.1 Å². The van der Waals surface area contributed by atoms with Gasteiger partial charge in [0.1, 0.15) is 24.5 Å². The Morgan fingerprint density at radius 3 is 2.50 bits per heavy atom. The molecule has 4 N–H and O–H groups in total. The zero-order valence-electron chi connectivity index (χ0n) is 21.8. The van der Waals surface area contributed by atoms with E-state index < -0.39 is 5.97 Å². The Hall–Kier alpha value is -4.74. The summed E-state index contributed by atoms with van der Waals surface area (Å²) in [6.45, 7) is 5.11. The number of rotatable bonds is 10. The van der Waals surface area contributed by atoms with Crippen LogP contribution in [-0.4, -0.2) is 71.4 Å². The maximum absolute atomic E-state index is 12.7. The summed E-state index contributed by atoms with van der Waals surface area (Å²) >= 11 is 0. The van der Waals surface area contributed by atoms with Crippen molar-refractivity contribution in [2.45, 2.75) is 6.54 Å². The Bertz CT molecular complexity index is 1490. The van der Waals surface area contributed by atoms with Crippen molar-refractivity contribution in [3.05, 3.63) is 84.2 Å². The monoisotopic (exact) mass is 542 g/mol. The second kappa shape index (κ2) is 12.9. The molecule has 0 atom stereocenters. The molecule has 11 nitrogen and oxygen atoms in total. The second-order valence-corrected chi connectivity index (χ2v) is 9.19. The van der Waals surface area contributed by atoms with Crippen molar-refractivity contribution in [2.24, 2.45) is 0 Å². The number of carbonyl (C=O) groups excluding carboxylic acids is 1. The van der Waals surface area contributed by atoms with Crippen molar-refractivity contribution in [2.75, 3.05) is 55.4 Å². The molecule has 1 saturated heterocycles. The first-order valence-electron chi connectivity index (χ1n) is 13.0. The minimum absolute atomic E-state index is 0.116. The molecule has 0 saturated carbocycles. The van der Waals surface area contributed by atoms with Crippen LogP contribution in [0.1, 0.15) is 15.9 Å². The quantitative estimate of drug-likeness (QED) is 0.231. The van der Waals surface area contributed by atoms with E-state index in [1.165, 1.54) is 12.4 Å². The maximum Gasteiger partial charge on any atom is 0.337 e. The Labute approximate surface area is 231 Å². The Morgan fingerprint density at radius 2 is 1.70 bits per heavy atom. The first-order valence-corrected chi connectivity index (χ1v) is 13.0. The van der Waals surface area contributed by atoms with Gasteiger partial charge in [-0.25, -0.2) is 19.6 Å². The van der Waals surface area contributed by atoms with Gasteiger partial charge in [-0.2, -0.15) is 0 Å². The number of anilines is 3. The zero-order valence-corrected chi connectivity index (χ0v) is 21.8. The molecule has 0 aliphatic carbocycles. The van der Waals surface area contributed by atoms with Gasteiger partial charge in [0, 0.05) is 49.0 Å². The van der Waals surface area contributed by atoms with Gasteiger partial charge < -0.3 is 30.5 Å². The van der Waals surface area contributed by atoms with Gasteiger partial charge in [0.2, 0.25) is 0 Å². The zero-order chi connectivity index (χ0) is 27.7. The molecular formula is C29H30N6O5. The number of benzene rings is 3. The van der Waals surface area contributed by atoms with Gasteiger partial charge in [0.15, 0.2) is 0 Å². The lowest BCUT2D eigenvalue weighted by molar-refractivity contribution is 0.0322. The number of aromatic carboxylic acids is 1. The van der Waals surface area contributed by atoms with Crippen molar-refractivity contribution in [3.8, 4) is 5.75 Å². The Morgan fingerprint density at radius 1 is 0.950 bits per heavy atom. The molecule has 5 rings (SSSR count). The number of hydrogen-bond acceptors (Lipinski definition) is 8. The van der Waals surface area contributed by atoms with Gasteiger partial charge in [-0.05, 0) is 42.0 Å². The molecule has 206 valence electrons. The molecule has 0 unspecified atom stereocenters. The van der Waals surface area contributed by atoms with Crippen LogP contribution in [0.3, 0.4) is 0 Å². The molecule has 2 amide bonds. The van der Waals surface area contributed by atoms with Crippen molar-refractivity contribution in [3.63, 3.8) is 0 Å². The molecule has 4 aromatic rings. The fraction of sp³-hybridized carbons (Fsp3) is 0.241. The summed E-state index contributed by atoms with van der Waals surface area (Å²) in [5.74, 6) is 0.165. The molecule has 1 fully saturated rings. The summed E-state index contributed by atoms with van der Waals surface area (Å²) in [6.07, 6.45) is 1.34. The van der Waals surface area contributed by atoms with E-state index in [-0.39, 0.29) is 11.6 Å². The third-order valence-corrected chi connectivity index (χ3v) is 6.41. The lowest BCUT2D eigenvalue weighted by atomic mass is 10.1. The van der Waals surface area contributed by atoms with E-state index in [1.807, 2.05) is 30.3 Å². The Balaban J connectivity index is 1.15. The number of morpholine rings is 1. The standard InChI is InChI=1S/C29H30N6O5/c36-28(37)25-9-3-8-24-26(25)31-19-32-27(24)30-18-20-4-1-5-21(16-20)33-29(38)34-22-6-2-7-23(17-22)40-15-12-35-10-13-39-14-11-35/h1-9,16-17,19H,10-15,18H2,(H,36,37)(H,30,31,32)(H2,33,34,38). The van der Waals surface area contributed by atoms with Crippen LogP contribution in [0, 0.1) is 0 Å². The number of urea groups is 1. The largest absolute Gasteiger partial charge is 0.492 e. The minimum Gasteiger partial charge on any atom is -0.492 e. The summed E-state index contributed by atoms with van der Waals surface area (Å²) in [5, 5.41) is 19.0. The van der Waals surface area contributed by atoms with Crippen molar-refractivity contribution in [1.29, 1.82) is 0 Å². The van der Waals surface area contributed by atoms with E-state index >= 15 is 0 Å². The number of para-hydroxylation sites is 1. The topological polar surface area (TPSA) is 138 Å². The number of aromatic nitrogens is 2. The SMILES string of the molecule is O=C(Nc1cccc(CNc2ncnc3c(C(=O)O)cccc23)c1)Nc1cccc(OCCN2CCOCC2)c1. The number of fused-ring (bicyclic) bond motifs is 1. The highest BCUT2D eigenvalue weighted by Gasteiger charge is 2.13. The average molecular weight is 543 g/mol. The number of nitrogens with zero attached hydrogens (tertiary/aromatic N) is 3. The van der Waals surface area contributed by atoms with Gasteiger partial charge >= 0.3 is 12.0 Å². The number of carboxylic acid groups (broad SMARTS) is 1. The third kappa shape index (κ3) is 7.01. The van der Waals surface area contributed by atoms with E-state index in [9.17, 15) is 14.7 Å². The van der Waals surface area contributed by atoms with Crippen LogP contribution in [0.4, 0.5) is 22.0 Å². The van der Waals surface area contributed by atoms with E-state index in [1.54, 1.807) is 30.3 Å². The molecular weight excluding hydrogens is 512 g/mol. The highest BCUT2D eigenvalue weighted by molar-refractivity contribution is 6.04. The maximum atomic E-state index is 12.7. The average Bonchev–Trinajstić information content (AvgIpc) is 2.96. The second-order valence-electron chi connectivity index (χ2n) is 9.19. The lowest BCUT2D eigenvalue weighted by Gasteiger charge is -2.26. The van der Waals surface area contributed by atoms with Crippen molar-refractivity contribution >= 4 is 40.1 Å². The predicted octanol–water partition coefficient (Wildman–Crippen LogP) is 4.30. The number of carbonyl (C=O) groups is 2. The molecule has 2 heterocycles. The number of carboxylic acids is 1. The number of nitrogens with one attached hydrogen (secondary N) is 3. The minimum atomic E-state index is -1.05. The van der Waals surface area contributed by atoms with Crippen LogP contribution < -0.4 is 20.7 Å². The molecule has 11 heteroatoms. The highest BCUT2D eigenvalue weighted by Crippen LogP contribution is 2.23. The van der Waals surface area contributed by atoms with Crippen LogP contribution >= 0.6 is 0 Å². The van der Waals surface area contributed by atoms with Gasteiger partial charge in [-0.1, -0.05) is 24.3 Å². The molecule has 1 aliphatic rings. The summed E-state index contributed by atoms with van der Waals surface area (Å²) in [6, 6.07) is 19.3. The lowest BCUT2D eigenvalue weighted by Crippen LogP contribution is -2.38. The molecule has 0 radical (unpaired) electrons. The fourth-order valence-electron chi connectivity index (χ4n) is 4.42. The summed E-state index contributed by atoms with van der Waals surface area (Å²) in [7, 11) is 0. The number of amides is 2. The normalized spacial score (nSPS) is 13.5. The van der Waals surface area contributed by atoms with Gasteiger partial charge in [0.05, 0.1) is 24.3 Å². The molecule has 1 aromatic heterocycles. The van der Waals surface area contributed by atoms with Gasteiger partial charge in [0.25, 0.3) is 0 Å². The van der Waals surface area contributed by atoms with Crippen LogP contribution in [0.25, 0.3) is 10.9 Å². The van der Waals surface area contributed by atoms with Crippen molar-refractivity contribution in [1.82, 2.24) is 14.9 Å². The molecule has 0 bridgehead atoms. The summed E-state index contributed by atoms with van der Waals surface area (Å²) in [5.41, 5.74) is 2.62. The van der Waals surface area contributed by atoms with E-state index in [4.69, 9.17) is 9.47 Å². The molecule has 3 aromatic carbocycles. The van der Waals surface area contributed by atoms with E-state index in [0.29, 0.717) is 47.0 Å². The third-order valence-electron chi connectivity index (χ3n) is 6.41. The molecule has 0 spiro atoms. The molecule has 40 heavy (non-hydrogen) atoms. The van der Waals surface area contributed by atoms with E-state index in [0.717, 1.165) is 38.4 Å². The van der Waals surface area contributed by atoms with Crippen LogP contribution in [-0.2, 0) is 11.3 Å². The van der Waals surface area contributed by atoms with E-state index in [2.05, 4.69) is 30.8 Å². The first kappa shape index (κ1) is 26.9. The fourth-order valence-corrected chi connectivity index (χ4v) is 4.42. The smallest absolute Gasteiger partial charge is 0.337 e. The number of ether oxygens (including phenoxy) is 2. The van der Waals surface area contributed by atoms with Crippen molar-refractivity contribution < 1.29 is 24.2 Å². The first-order chi connectivity index (χ1) is 19.5. The summed E-state index contributed by atoms with van der Waals surface area (Å²) in [4.78, 5) is 34.9. The summed E-state index contributed by atoms with van der Waals surface area (Å²) < 4.78 is 11.2. The molecule has 1 aliphatic heterocycles. The highest BCUT2D eigenvalue weighted by atomic mass is 16.5.